The molecule has 7 unspecified atom stereocenters. The topological polar surface area (TPSA) is 26.0 Å². The van der Waals surface area contributed by atoms with Gasteiger partial charge in [-0.05, 0) is 96.9 Å². The van der Waals surface area contributed by atoms with Crippen LogP contribution in [0, 0.1) is 46.3 Å². The zero-order valence-corrected chi connectivity index (χ0v) is 18.7. The van der Waals surface area contributed by atoms with Gasteiger partial charge in [0.2, 0.25) is 0 Å². The van der Waals surface area contributed by atoms with Crippen molar-refractivity contribution in [2.75, 3.05) is 0 Å². The van der Waals surface area contributed by atoms with E-state index in [4.69, 9.17) is 5.73 Å². The van der Waals surface area contributed by atoms with Gasteiger partial charge >= 0.3 is 0 Å². The number of nitrogens with two attached hydrogens (primary N) is 1. The number of rotatable bonds is 2. The number of hydrogen-bond donors (Lipinski definition) is 1. The Morgan fingerprint density at radius 3 is 2.44 bits per heavy atom. The molecule has 7 atom stereocenters. The summed E-state index contributed by atoms with van der Waals surface area (Å²) in [5.41, 5.74) is 10.8. The number of hydrogen-bond acceptors (Lipinski definition) is 1. The van der Waals surface area contributed by atoms with Crippen LogP contribution in [0.15, 0.2) is 23.3 Å². The highest BCUT2D eigenvalue weighted by molar-refractivity contribution is 5.35. The smallest absolute Gasteiger partial charge is 0.00990 e. The summed E-state index contributed by atoms with van der Waals surface area (Å²) in [6.07, 6.45) is 14.7. The molecule has 4 rings (SSSR count). The predicted molar refractivity (Wildman–Crippen MR) is 116 cm³/mol. The molecule has 4 aliphatic carbocycles. The minimum atomic E-state index is 0.256. The molecule has 2 fully saturated rings. The van der Waals surface area contributed by atoms with Crippen LogP contribution in [0.4, 0.5) is 0 Å². The molecule has 0 spiro atoms. The standard InChI is InChI=1S/C26H43N/c1-16(2)17(3)21-10-11-23-20-8-9-22-19(7-12-24(27)25(22,4)5)15-18(20)13-14-26(21,23)6/h13,15-17,20-24H,7-12,14,27H2,1-6H3. The second kappa shape index (κ2) is 6.75. The van der Waals surface area contributed by atoms with Crippen molar-refractivity contribution in [3.05, 3.63) is 23.3 Å². The first-order chi connectivity index (χ1) is 12.7. The van der Waals surface area contributed by atoms with Crippen molar-refractivity contribution in [3.63, 3.8) is 0 Å². The molecule has 0 bridgehead atoms. The quantitative estimate of drug-likeness (QED) is 0.573. The molecule has 0 amide bonds. The van der Waals surface area contributed by atoms with E-state index in [-0.39, 0.29) is 5.41 Å². The summed E-state index contributed by atoms with van der Waals surface area (Å²) in [4.78, 5) is 0. The van der Waals surface area contributed by atoms with Crippen LogP contribution >= 0.6 is 0 Å². The van der Waals surface area contributed by atoms with E-state index in [1.54, 1.807) is 11.1 Å². The van der Waals surface area contributed by atoms with Crippen molar-refractivity contribution >= 4 is 0 Å². The van der Waals surface area contributed by atoms with Crippen molar-refractivity contribution in [3.8, 4) is 0 Å². The summed E-state index contributed by atoms with van der Waals surface area (Å²) in [5, 5.41) is 0. The summed E-state index contributed by atoms with van der Waals surface area (Å²) in [6, 6.07) is 0.363. The molecule has 0 aromatic carbocycles. The SMILES string of the molecule is CC(C)C(C)C1CCC2C3CCC4C(=CC3=CCC21C)CCC(N)C4(C)C. The summed E-state index contributed by atoms with van der Waals surface area (Å²) in [6.45, 7) is 14.9. The van der Waals surface area contributed by atoms with Gasteiger partial charge in [0.25, 0.3) is 0 Å². The molecule has 1 heteroatoms. The van der Waals surface area contributed by atoms with E-state index in [9.17, 15) is 0 Å². The second-order valence-corrected chi connectivity index (χ2v) is 11.7. The molecule has 152 valence electrons. The fourth-order valence-electron chi connectivity index (χ4n) is 7.74. The van der Waals surface area contributed by atoms with E-state index in [2.05, 4.69) is 53.7 Å². The molecule has 0 radical (unpaired) electrons. The monoisotopic (exact) mass is 369 g/mol. The van der Waals surface area contributed by atoms with Crippen molar-refractivity contribution in [1.29, 1.82) is 0 Å². The molecular formula is C26H43N. The van der Waals surface area contributed by atoms with Gasteiger partial charge in [0.15, 0.2) is 0 Å². The minimum absolute atomic E-state index is 0.256. The van der Waals surface area contributed by atoms with Gasteiger partial charge in [0.1, 0.15) is 0 Å². The molecule has 0 aromatic heterocycles. The van der Waals surface area contributed by atoms with Crippen LogP contribution in [-0.4, -0.2) is 6.04 Å². The van der Waals surface area contributed by atoms with E-state index in [1.165, 1.54) is 44.9 Å². The van der Waals surface area contributed by atoms with Gasteiger partial charge in [0, 0.05) is 6.04 Å². The predicted octanol–water partition coefficient (Wildman–Crippen LogP) is 6.74. The van der Waals surface area contributed by atoms with Gasteiger partial charge in [-0.3, -0.25) is 0 Å². The molecule has 0 saturated heterocycles. The van der Waals surface area contributed by atoms with Crippen LogP contribution < -0.4 is 5.73 Å². The van der Waals surface area contributed by atoms with Crippen LogP contribution in [0.2, 0.25) is 0 Å². The summed E-state index contributed by atoms with van der Waals surface area (Å²) in [7, 11) is 0. The third-order valence-electron chi connectivity index (χ3n) is 10.0. The Labute approximate surface area is 168 Å². The Kier molecular flexibility index (Phi) is 4.94. The van der Waals surface area contributed by atoms with Gasteiger partial charge in [-0.25, -0.2) is 0 Å². The third-order valence-corrected chi connectivity index (χ3v) is 10.0. The van der Waals surface area contributed by atoms with Crippen molar-refractivity contribution in [2.24, 2.45) is 52.1 Å². The van der Waals surface area contributed by atoms with Gasteiger partial charge in [-0.2, -0.15) is 0 Å². The zero-order valence-electron chi connectivity index (χ0n) is 18.7. The molecule has 2 saturated carbocycles. The first kappa shape index (κ1) is 19.7. The Morgan fingerprint density at radius 1 is 1.00 bits per heavy atom. The Balaban J connectivity index is 1.64. The van der Waals surface area contributed by atoms with E-state index in [0.29, 0.717) is 17.4 Å². The molecule has 1 nitrogen and oxygen atoms in total. The maximum absolute atomic E-state index is 6.56. The van der Waals surface area contributed by atoms with Gasteiger partial charge in [-0.1, -0.05) is 59.3 Å². The van der Waals surface area contributed by atoms with E-state index in [0.717, 1.165) is 29.6 Å². The van der Waals surface area contributed by atoms with Crippen molar-refractivity contribution in [1.82, 2.24) is 0 Å². The van der Waals surface area contributed by atoms with Crippen LogP contribution in [0.25, 0.3) is 0 Å². The fraction of sp³-hybridized carbons (Fsp3) is 0.846. The highest BCUT2D eigenvalue weighted by atomic mass is 14.7. The maximum atomic E-state index is 6.56. The van der Waals surface area contributed by atoms with E-state index < -0.39 is 0 Å². The lowest BCUT2D eigenvalue weighted by Crippen LogP contribution is -2.46. The lowest BCUT2D eigenvalue weighted by Gasteiger charge is -2.47. The highest BCUT2D eigenvalue weighted by Crippen LogP contribution is 2.62. The Morgan fingerprint density at radius 2 is 1.74 bits per heavy atom. The number of fused-ring (bicyclic) bond motifs is 4. The summed E-state index contributed by atoms with van der Waals surface area (Å²) >= 11 is 0. The van der Waals surface area contributed by atoms with Gasteiger partial charge in [-0.15, -0.1) is 0 Å². The first-order valence-corrected chi connectivity index (χ1v) is 11.8. The average molecular weight is 370 g/mol. The third kappa shape index (κ3) is 2.98. The average Bonchev–Trinajstić information content (AvgIpc) is 2.83. The van der Waals surface area contributed by atoms with Crippen molar-refractivity contribution in [2.45, 2.75) is 92.5 Å². The van der Waals surface area contributed by atoms with Crippen molar-refractivity contribution < 1.29 is 0 Å². The van der Waals surface area contributed by atoms with Crippen LogP contribution in [-0.2, 0) is 0 Å². The van der Waals surface area contributed by atoms with E-state index in [1.807, 2.05) is 0 Å². The normalized spacial score (nSPS) is 44.5. The highest BCUT2D eigenvalue weighted by Gasteiger charge is 2.53. The number of allylic oxidation sites excluding steroid dienone is 4. The maximum Gasteiger partial charge on any atom is 0.00990 e. The molecular weight excluding hydrogens is 326 g/mol. The lowest BCUT2D eigenvalue weighted by molar-refractivity contribution is 0.0609. The first-order valence-electron chi connectivity index (χ1n) is 11.8. The lowest BCUT2D eigenvalue weighted by atomic mass is 9.58. The van der Waals surface area contributed by atoms with Crippen LogP contribution in [0.5, 0.6) is 0 Å². The second-order valence-electron chi connectivity index (χ2n) is 11.7. The van der Waals surface area contributed by atoms with Crippen LogP contribution in [0.1, 0.15) is 86.5 Å². The fourth-order valence-corrected chi connectivity index (χ4v) is 7.74. The molecule has 0 aromatic rings. The van der Waals surface area contributed by atoms with Gasteiger partial charge < -0.3 is 5.73 Å². The zero-order chi connectivity index (χ0) is 19.6. The molecule has 27 heavy (non-hydrogen) atoms. The Bertz CT molecular complexity index is 639. The van der Waals surface area contributed by atoms with E-state index >= 15 is 0 Å². The molecule has 4 aliphatic rings. The van der Waals surface area contributed by atoms with Crippen LogP contribution in [0.3, 0.4) is 0 Å². The van der Waals surface area contributed by atoms with Gasteiger partial charge in [0.05, 0.1) is 0 Å². The molecule has 0 aliphatic heterocycles. The summed E-state index contributed by atoms with van der Waals surface area (Å²) < 4.78 is 0. The minimum Gasteiger partial charge on any atom is -0.327 e. The summed E-state index contributed by atoms with van der Waals surface area (Å²) in [5.74, 6) is 4.96. The largest absolute Gasteiger partial charge is 0.327 e. The molecule has 2 N–H and O–H groups in total. The Hall–Kier alpha value is -0.560. The molecule has 0 heterocycles.